The summed E-state index contributed by atoms with van der Waals surface area (Å²) in [5.41, 5.74) is 4.55. The Labute approximate surface area is 251 Å². The van der Waals surface area contributed by atoms with Crippen LogP contribution < -0.4 is 9.47 Å². The molecule has 0 aliphatic carbocycles. The summed E-state index contributed by atoms with van der Waals surface area (Å²) >= 11 is 10.3. The van der Waals surface area contributed by atoms with E-state index in [4.69, 9.17) is 25.3 Å². The van der Waals surface area contributed by atoms with Crippen LogP contribution in [-0.4, -0.2) is 44.2 Å². The average molecular weight is 744 g/mol. The van der Waals surface area contributed by atoms with E-state index in [1.807, 2.05) is 59.4 Å². The van der Waals surface area contributed by atoms with Crippen molar-refractivity contribution >= 4 is 46.7 Å². The summed E-state index contributed by atoms with van der Waals surface area (Å²) in [5.74, 6) is 0. The molecule has 1 aromatic heterocycles. The molecule has 0 saturated carbocycles. The number of aromatic nitrogens is 1. The maximum Gasteiger partial charge on any atom is 0.210 e. The normalized spacial score (nSPS) is 14.2. The van der Waals surface area contributed by atoms with Gasteiger partial charge in [0.25, 0.3) is 0 Å². The Morgan fingerprint density at radius 3 is 1.89 bits per heavy atom. The molecular formula is C28H26AuN4O2S3-2. The van der Waals surface area contributed by atoms with Gasteiger partial charge in [0.05, 0.1) is 4.90 Å². The molecular weight excluding hydrogens is 718 g/mol. The van der Waals surface area contributed by atoms with Crippen molar-refractivity contribution in [2.75, 3.05) is 31.1 Å². The molecule has 201 valence electrons. The summed E-state index contributed by atoms with van der Waals surface area (Å²) < 4.78 is 31.6. The van der Waals surface area contributed by atoms with Crippen molar-refractivity contribution in [3.05, 3.63) is 108 Å². The number of benzene rings is 3. The number of hydrogen-bond acceptors (Lipinski definition) is 6. The molecule has 0 atom stereocenters. The van der Waals surface area contributed by atoms with Gasteiger partial charge in [0, 0.05) is 78.5 Å². The van der Waals surface area contributed by atoms with Crippen LogP contribution in [0.2, 0.25) is 0 Å². The van der Waals surface area contributed by atoms with Crippen LogP contribution in [0.1, 0.15) is 0 Å². The van der Waals surface area contributed by atoms with E-state index in [0.29, 0.717) is 5.69 Å². The molecule has 0 unspecified atom stereocenters. The zero-order valence-corrected chi connectivity index (χ0v) is 25.0. The first-order chi connectivity index (χ1) is 17.9. The topological polar surface area (TPSA) is 58.6 Å². The fourth-order valence-electron chi connectivity index (χ4n) is 4.32. The minimum atomic E-state index is -3.84. The van der Waals surface area contributed by atoms with Crippen molar-refractivity contribution in [3.8, 4) is 16.8 Å². The van der Waals surface area contributed by atoms with E-state index < -0.39 is 10.0 Å². The van der Waals surface area contributed by atoms with Crippen LogP contribution >= 0.6 is 0 Å². The third kappa shape index (κ3) is 6.84. The van der Waals surface area contributed by atoms with E-state index in [-0.39, 0.29) is 32.0 Å². The Hall–Kier alpha value is -2.24. The van der Waals surface area contributed by atoms with E-state index >= 15 is 0 Å². The van der Waals surface area contributed by atoms with Crippen molar-refractivity contribution in [3.63, 3.8) is 0 Å². The van der Waals surface area contributed by atoms with Gasteiger partial charge in [0.15, 0.2) is 12.4 Å². The smallest absolute Gasteiger partial charge is 0.210 e. The number of anilines is 1. The van der Waals surface area contributed by atoms with Crippen LogP contribution in [0.4, 0.5) is 11.4 Å². The molecule has 1 aliphatic heterocycles. The summed E-state index contributed by atoms with van der Waals surface area (Å²) in [6.07, 6.45) is 3.92. The van der Waals surface area contributed by atoms with Crippen LogP contribution in [0.3, 0.4) is 0 Å². The monoisotopic (exact) mass is 743 g/mol. The zero-order chi connectivity index (χ0) is 25.8. The minimum absolute atomic E-state index is 0. The van der Waals surface area contributed by atoms with Gasteiger partial charge in [-0.1, -0.05) is 42.5 Å². The van der Waals surface area contributed by atoms with Gasteiger partial charge in [0.2, 0.25) is 5.69 Å². The molecule has 0 amide bonds. The van der Waals surface area contributed by atoms with Crippen molar-refractivity contribution in [1.29, 1.82) is 0 Å². The molecule has 0 bridgehead atoms. The predicted molar refractivity (Wildman–Crippen MR) is 152 cm³/mol. The maximum atomic E-state index is 12.9. The minimum Gasteiger partial charge on any atom is -0.800 e. The van der Waals surface area contributed by atoms with Crippen LogP contribution in [0.5, 0.6) is 0 Å². The molecule has 6 nitrogen and oxygen atoms in total. The summed E-state index contributed by atoms with van der Waals surface area (Å²) in [6.45, 7) is 3.31. The molecule has 1 fully saturated rings. The summed E-state index contributed by atoms with van der Waals surface area (Å²) in [4.78, 5) is 4.49. The van der Waals surface area contributed by atoms with Crippen LogP contribution in [0.25, 0.3) is 21.5 Å². The van der Waals surface area contributed by atoms with Gasteiger partial charge < -0.3 is 39.8 Å². The summed E-state index contributed by atoms with van der Waals surface area (Å²) in [6, 6.07) is 28.2. The van der Waals surface area contributed by atoms with E-state index in [2.05, 4.69) is 26.7 Å². The molecule has 1 radical (unpaired) electrons. The van der Waals surface area contributed by atoms with Gasteiger partial charge in [-0.2, -0.15) is 4.57 Å². The van der Waals surface area contributed by atoms with Gasteiger partial charge in [-0.25, -0.2) is 13.1 Å². The third-order valence-corrected chi connectivity index (χ3v) is 8.34. The average Bonchev–Trinajstić information content (AvgIpc) is 2.94. The second-order valence-electron chi connectivity index (χ2n) is 8.77. The van der Waals surface area contributed by atoms with Crippen molar-refractivity contribution in [1.82, 2.24) is 4.90 Å². The standard InChI is InChI=1S/C28H28N4O2S3.Au/c33-37(34,29-24-6-8-25(9-7-24)31-18-20-32(21-19-31)28(35)36)27-12-10-26(11-13-27)30-16-14-23(15-17-30)22-4-2-1-3-5-22;/h1-17,28,35-36H,18-21H2;/p-2. The summed E-state index contributed by atoms with van der Waals surface area (Å²) in [5, 5.41) is 0. The number of rotatable bonds is 7. The molecule has 5 rings (SSSR count). The van der Waals surface area contributed by atoms with Crippen LogP contribution in [0.15, 0.2) is 108 Å². The van der Waals surface area contributed by atoms with E-state index in [1.165, 1.54) is 0 Å². The van der Waals surface area contributed by atoms with Gasteiger partial charge >= 0.3 is 0 Å². The second-order valence-corrected chi connectivity index (χ2v) is 11.6. The molecule has 4 aromatic rings. The Bertz CT molecular complexity index is 1430. The van der Waals surface area contributed by atoms with E-state index in [9.17, 15) is 8.42 Å². The first kappa shape index (κ1) is 28.8. The number of nitrogens with zero attached hydrogens (tertiary/aromatic N) is 4. The first-order valence-electron chi connectivity index (χ1n) is 11.9. The van der Waals surface area contributed by atoms with E-state index in [0.717, 1.165) is 48.7 Å². The number of pyridine rings is 1. The molecule has 1 aliphatic rings. The number of piperazine rings is 1. The quantitative estimate of drug-likeness (QED) is 0.158. The number of hydrogen-bond donors (Lipinski definition) is 0. The zero-order valence-electron chi connectivity index (χ0n) is 20.4. The van der Waals surface area contributed by atoms with E-state index in [1.54, 1.807) is 36.4 Å². The Morgan fingerprint density at radius 2 is 1.32 bits per heavy atom. The fourth-order valence-corrected chi connectivity index (χ4v) is 5.72. The van der Waals surface area contributed by atoms with Crippen molar-refractivity contribution < 1.29 is 35.4 Å². The van der Waals surface area contributed by atoms with Gasteiger partial charge in [-0.15, -0.1) is 5.69 Å². The largest absolute Gasteiger partial charge is 0.800 e. The van der Waals surface area contributed by atoms with Crippen LogP contribution in [0, 0.1) is 0 Å². The predicted octanol–water partition coefficient (Wildman–Crippen LogP) is 4.52. The SMILES string of the molecule is O=S(=O)([N-]c1ccc(N2CCN(C([S-])[S-])CC2)cc1)c1ccc(-[n+]2ccc(-c3ccccc3)cc2)cc1.[Au]. The molecule has 3 aromatic carbocycles. The molecule has 2 heterocycles. The first-order valence-corrected chi connectivity index (χ1v) is 14.3. The van der Waals surface area contributed by atoms with Gasteiger partial charge in [0.1, 0.15) is 10.0 Å². The maximum absolute atomic E-state index is 12.9. The molecule has 0 N–H and O–H groups in total. The third-order valence-electron chi connectivity index (χ3n) is 6.42. The van der Waals surface area contributed by atoms with Gasteiger partial charge in [-0.3, -0.25) is 0 Å². The van der Waals surface area contributed by atoms with Crippen LogP contribution in [-0.2, 0) is 57.7 Å². The van der Waals surface area contributed by atoms with Crippen molar-refractivity contribution in [2.45, 2.75) is 9.60 Å². The Kier molecular flexibility index (Phi) is 9.64. The molecule has 0 spiro atoms. The molecule has 38 heavy (non-hydrogen) atoms. The molecule has 10 heteroatoms. The second kappa shape index (κ2) is 12.7. The Balaban J connectivity index is 0.00000336. The number of sulfonamides is 1. The Morgan fingerprint density at radius 1 is 0.737 bits per heavy atom. The van der Waals surface area contributed by atoms with Crippen molar-refractivity contribution in [2.24, 2.45) is 0 Å². The van der Waals surface area contributed by atoms with Gasteiger partial charge in [-0.05, 0) is 35.4 Å². The fraction of sp³-hybridized carbons (Fsp3) is 0.179. The molecule has 1 saturated heterocycles. The summed E-state index contributed by atoms with van der Waals surface area (Å²) in [7, 11) is -3.84.